The lowest BCUT2D eigenvalue weighted by atomic mass is 10.0. The van der Waals surface area contributed by atoms with Crippen molar-refractivity contribution in [1.82, 2.24) is 16.0 Å². The first kappa shape index (κ1) is 28.6. The number of hydrogen-bond donors (Lipinski definition) is 8. The van der Waals surface area contributed by atoms with E-state index in [2.05, 4.69) is 20.9 Å². The van der Waals surface area contributed by atoms with E-state index in [4.69, 9.17) is 22.9 Å². The van der Waals surface area contributed by atoms with Crippen LogP contribution in [0.15, 0.2) is 4.99 Å². The highest BCUT2D eigenvalue weighted by Gasteiger charge is 2.29. The SMILES string of the molecule is CC(NC(=O)C(CCCN=C(N)N)NC(=O)C(N)CC(N)=O)C(=O)NC(C(=O)O)C(C)C. The van der Waals surface area contributed by atoms with E-state index in [0.29, 0.717) is 6.42 Å². The number of carbonyl (C=O) groups is 5. The number of guanidine groups is 1. The molecule has 0 aliphatic heterocycles. The molecule has 4 unspecified atom stereocenters. The van der Waals surface area contributed by atoms with E-state index in [1.165, 1.54) is 6.92 Å². The van der Waals surface area contributed by atoms with E-state index in [9.17, 15) is 29.1 Å². The largest absolute Gasteiger partial charge is 0.480 e. The van der Waals surface area contributed by atoms with E-state index >= 15 is 0 Å². The van der Waals surface area contributed by atoms with Gasteiger partial charge in [-0.2, -0.15) is 0 Å². The second-order valence-electron chi connectivity index (χ2n) is 7.59. The molecule has 4 atom stereocenters. The van der Waals surface area contributed by atoms with Crippen molar-refractivity contribution in [3.63, 3.8) is 0 Å². The lowest BCUT2D eigenvalue weighted by molar-refractivity contribution is -0.143. The molecule has 0 aromatic heterocycles. The van der Waals surface area contributed by atoms with Gasteiger partial charge in [0, 0.05) is 6.54 Å². The molecule has 182 valence electrons. The van der Waals surface area contributed by atoms with Gasteiger partial charge in [0.2, 0.25) is 23.6 Å². The van der Waals surface area contributed by atoms with Gasteiger partial charge in [-0.25, -0.2) is 4.79 Å². The molecule has 0 aliphatic rings. The molecule has 12 N–H and O–H groups in total. The van der Waals surface area contributed by atoms with Gasteiger partial charge in [-0.3, -0.25) is 24.2 Å². The van der Waals surface area contributed by atoms with Crippen molar-refractivity contribution in [1.29, 1.82) is 0 Å². The fourth-order valence-electron chi connectivity index (χ4n) is 2.53. The third-order valence-electron chi connectivity index (χ3n) is 4.32. The van der Waals surface area contributed by atoms with Crippen LogP contribution in [0, 0.1) is 5.92 Å². The van der Waals surface area contributed by atoms with Crippen LogP contribution >= 0.6 is 0 Å². The van der Waals surface area contributed by atoms with Crippen molar-refractivity contribution in [3.8, 4) is 0 Å². The van der Waals surface area contributed by atoms with Crippen molar-refractivity contribution in [3.05, 3.63) is 0 Å². The van der Waals surface area contributed by atoms with Crippen LogP contribution in [-0.4, -0.2) is 71.4 Å². The quantitative estimate of drug-likeness (QED) is 0.0726. The third kappa shape index (κ3) is 11.1. The monoisotopic (exact) mass is 458 g/mol. The summed E-state index contributed by atoms with van der Waals surface area (Å²) < 4.78 is 0. The standard InChI is InChI=1S/C18H34N8O6/c1-8(2)13(17(31)32)26-14(28)9(3)24-16(30)11(5-4-6-23-18(21)22)25-15(29)10(19)7-12(20)27/h8-11,13H,4-7,19H2,1-3H3,(H2,20,27)(H,24,30)(H,25,29)(H,26,28)(H,31,32)(H4,21,22,23). The van der Waals surface area contributed by atoms with Crippen LogP contribution in [0.4, 0.5) is 0 Å². The van der Waals surface area contributed by atoms with Crippen LogP contribution in [0.1, 0.15) is 40.0 Å². The average molecular weight is 459 g/mol. The lowest BCUT2D eigenvalue weighted by Gasteiger charge is -2.24. The van der Waals surface area contributed by atoms with Gasteiger partial charge in [-0.1, -0.05) is 13.8 Å². The second-order valence-corrected chi connectivity index (χ2v) is 7.59. The Morgan fingerprint density at radius 2 is 1.50 bits per heavy atom. The first-order chi connectivity index (χ1) is 14.8. The molecule has 0 heterocycles. The first-order valence-corrected chi connectivity index (χ1v) is 9.99. The van der Waals surface area contributed by atoms with Crippen LogP contribution in [0.3, 0.4) is 0 Å². The molecule has 14 heteroatoms. The van der Waals surface area contributed by atoms with E-state index in [-0.39, 0.29) is 24.8 Å². The highest BCUT2D eigenvalue weighted by molar-refractivity contribution is 5.94. The van der Waals surface area contributed by atoms with Gasteiger partial charge < -0.3 is 44.0 Å². The normalized spacial score (nSPS) is 14.4. The zero-order valence-corrected chi connectivity index (χ0v) is 18.5. The number of carbonyl (C=O) groups excluding carboxylic acids is 4. The summed E-state index contributed by atoms with van der Waals surface area (Å²) in [6.07, 6.45) is -0.0230. The predicted molar refractivity (Wildman–Crippen MR) is 116 cm³/mol. The number of amides is 4. The van der Waals surface area contributed by atoms with Gasteiger partial charge >= 0.3 is 5.97 Å². The number of hydrogen-bond acceptors (Lipinski definition) is 7. The Bertz CT molecular complexity index is 722. The molecular formula is C18H34N8O6. The summed E-state index contributed by atoms with van der Waals surface area (Å²) in [6, 6.07) is -4.61. The molecule has 0 saturated carbocycles. The van der Waals surface area contributed by atoms with E-state index in [0.717, 1.165) is 0 Å². The number of nitrogens with zero attached hydrogens (tertiary/aromatic N) is 1. The van der Waals surface area contributed by atoms with Gasteiger partial charge in [0.05, 0.1) is 12.5 Å². The zero-order valence-electron chi connectivity index (χ0n) is 18.5. The molecule has 0 saturated heterocycles. The van der Waals surface area contributed by atoms with Crippen molar-refractivity contribution >= 4 is 35.6 Å². The summed E-state index contributed by atoms with van der Waals surface area (Å²) in [6.45, 7) is 4.79. The second kappa shape index (κ2) is 13.8. The van der Waals surface area contributed by atoms with Gasteiger partial charge in [0.1, 0.15) is 18.1 Å². The Hall–Kier alpha value is -3.42. The number of aliphatic carboxylic acids is 1. The van der Waals surface area contributed by atoms with Crippen LogP contribution in [-0.2, 0) is 24.0 Å². The van der Waals surface area contributed by atoms with Crippen LogP contribution < -0.4 is 38.9 Å². The highest BCUT2D eigenvalue weighted by atomic mass is 16.4. The third-order valence-corrected chi connectivity index (χ3v) is 4.32. The molecule has 0 aliphatic carbocycles. The molecule has 0 fully saturated rings. The van der Waals surface area contributed by atoms with Gasteiger partial charge in [-0.15, -0.1) is 0 Å². The fraction of sp³-hybridized carbons (Fsp3) is 0.667. The molecule has 14 nitrogen and oxygen atoms in total. The van der Waals surface area contributed by atoms with Crippen LogP contribution in [0.5, 0.6) is 0 Å². The minimum atomic E-state index is -1.26. The minimum Gasteiger partial charge on any atom is -0.480 e. The topological polar surface area (TPSA) is 258 Å². The van der Waals surface area contributed by atoms with Crippen molar-refractivity contribution in [2.45, 2.75) is 64.2 Å². The van der Waals surface area contributed by atoms with Gasteiger partial charge in [0.15, 0.2) is 5.96 Å². The van der Waals surface area contributed by atoms with E-state index in [1.54, 1.807) is 13.8 Å². The molecule has 0 rings (SSSR count). The van der Waals surface area contributed by atoms with E-state index < -0.39 is 60.2 Å². The van der Waals surface area contributed by atoms with Gasteiger partial charge in [0.25, 0.3) is 0 Å². The summed E-state index contributed by atoms with van der Waals surface area (Å²) in [5, 5.41) is 16.4. The van der Waals surface area contributed by atoms with Crippen LogP contribution in [0.2, 0.25) is 0 Å². The maximum Gasteiger partial charge on any atom is 0.326 e. The van der Waals surface area contributed by atoms with Gasteiger partial charge in [-0.05, 0) is 25.7 Å². The van der Waals surface area contributed by atoms with Crippen molar-refractivity contribution < 1.29 is 29.1 Å². The fourth-order valence-corrected chi connectivity index (χ4v) is 2.53. The Morgan fingerprint density at radius 1 is 0.906 bits per heavy atom. The number of nitrogens with two attached hydrogens (primary N) is 4. The van der Waals surface area contributed by atoms with E-state index in [1.807, 2.05) is 0 Å². The molecule has 4 amide bonds. The Labute approximate surface area is 185 Å². The minimum absolute atomic E-state index is 0.0930. The summed E-state index contributed by atoms with van der Waals surface area (Å²) >= 11 is 0. The number of primary amides is 1. The molecule has 0 radical (unpaired) electrons. The molecule has 32 heavy (non-hydrogen) atoms. The molecule has 0 aromatic rings. The summed E-state index contributed by atoms with van der Waals surface area (Å²) in [4.78, 5) is 63.2. The number of carboxylic acid groups (broad SMARTS) is 1. The summed E-state index contributed by atoms with van der Waals surface area (Å²) in [7, 11) is 0. The zero-order chi connectivity index (χ0) is 25.0. The number of carboxylic acids is 1. The Balaban J connectivity index is 5.20. The first-order valence-electron chi connectivity index (χ1n) is 9.99. The molecule has 0 spiro atoms. The maximum atomic E-state index is 12.7. The predicted octanol–water partition coefficient (Wildman–Crippen LogP) is -3.54. The molecule has 0 bridgehead atoms. The number of aliphatic imine (C=N–C) groups is 1. The Morgan fingerprint density at radius 3 is 1.97 bits per heavy atom. The summed E-state index contributed by atoms with van der Waals surface area (Å²) in [5.41, 5.74) is 21.1. The number of rotatable bonds is 14. The van der Waals surface area contributed by atoms with Crippen molar-refractivity contribution in [2.75, 3.05) is 6.54 Å². The van der Waals surface area contributed by atoms with Crippen molar-refractivity contribution in [2.24, 2.45) is 33.8 Å². The maximum absolute atomic E-state index is 12.7. The smallest absolute Gasteiger partial charge is 0.326 e. The lowest BCUT2D eigenvalue weighted by Crippen LogP contribution is -2.57. The Kier molecular flexibility index (Phi) is 12.3. The molecular weight excluding hydrogens is 424 g/mol. The van der Waals surface area contributed by atoms with Crippen LogP contribution in [0.25, 0.3) is 0 Å². The highest BCUT2D eigenvalue weighted by Crippen LogP contribution is 2.04. The molecule has 0 aromatic carbocycles. The average Bonchev–Trinajstić information content (AvgIpc) is 2.66. The number of nitrogens with one attached hydrogen (secondary N) is 3. The summed E-state index contributed by atoms with van der Waals surface area (Å²) in [5.74, 6) is -4.72.